The van der Waals surface area contributed by atoms with Gasteiger partial charge in [-0.15, -0.1) is 0 Å². The summed E-state index contributed by atoms with van der Waals surface area (Å²) in [5.41, 5.74) is 1.45. The van der Waals surface area contributed by atoms with Crippen LogP contribution in [0.5, 0.6) is 0 Å². The summed E-state index contributed by atoms with van der Waals surface area (Å²) in [7, 11) is 0. The topological polar surface area (TPSA) is 41.5 Å². The van der Waals surface area contributed by atoms with E-state index >= 15 is 0 Å². The molecule has 0 aromatic heterocycles. The molecule has 0 aliphatic rings. The van der Waals surface area contributed by atoms with Crippen LogP contribution in [0.4, 0.5) is 30.7 Å². The zero-order valence-electron chi connectivity index (χ0n) is 14.3. The number of carbonyl (C=O) groups is 1. The van der Waals surface area contributed by atoms with Crippen molar-refractivity contribution in [1.29, 1.82) is 0 Å². The predicted molar refractivity (Wildman–Crippen MR) is 93.1 cm³/mol. The van der Waals surface area contributed by atoms with Crippen molar-refractivity contribution < 1.29 is 35.5 Å². The summed E-state index contributed by atoms with van der Waals surface area (Å²) in [6.07, 6.45) is -5.69. The molecular weight excluding hydrogens is 405 g/mol. The van der Waals surface area contributed by atoms with Gasteiger partial charge in [0.2, 0.25) is 0 Å². The third-order valence-electron chi connectivity index (χ3n) is 4.21. The van der Waals surface area contributed by atoms with E-state index in [0.29, 0.717) is 16.3 Å². The molecule has 0 spiro atoms. The first-order valence-electron chi connectivity index (χ1n) is 8.03. The molecule has 0 bridgehead atoms. The Labute approximate surface area is 158 Å². The van der Waals surface area contributed by atoms with Crippen LogP contribution in [0.2, 0.25) is 0 Å². The molecule has 3 rings (SSSR count). The highest BCUT2D eigenvalue weighted by Crippen LogP contribution is 2.46. The maximum Gasteiger partial charge on any atom is 0.460 e. The SMILES string of the molecule is O=C(N/N=C\c1c2ccccc2cc2ccccc12)C(F)(F)C(F)(F)C(F)(F)F. The van der Waals surface area contributed by atoms with E-state index in [1.807, 2.05) is 6.07 Å². The van der Waals surface area contributed by atoms with Gasteiger partial charge in [0, 0.05) is 5.56 Å². The van der Waals surface area contributed by atoms with E-state index in [1.165, 1.54) is 0 Å². The van der Waals surface area contributed by atoms with Gasteiger partial charge in [-0.2, -0.15) is 35.8 Å². The van der Waals surface area contributed by atoms with Crippen molar-refractivity contribution >= 4 is 33.7 Å². The maximum atomic E-state index is 13.4. The molecule has 0 saturated carbocycles. The van der Waals surface area contributed by atoms with Crippen LogP contribution < -0.4 is 5.43 Å². The Bertz CT molecular complexity index is 1050. The van der Waals surface area contributed by atoms with E-state index < -0.39 is 23.9 Å². The van der Waals surface area contributed by atoms with Crippen LogP contribution >= 0.6 is 0 Å². The second-order valence-electron chi connectivity index (χ2n) is 6.08. The summed E-state index contributed by atoms with van der Waals surface area (Å²) in [6, 6.07) is 15.6. The number of fused-ring (bicyclic) bond motifs is 2. The number of hydrogen-bond acceptors (Lipinski definition) is 2. The quantitative estimate of drug-likeness (QED) is 0.268. The summed E-state index contributed by atoms with van der Waals surface area (Å²) < 4.78 is 89.1. The first-order chi connectivity index (χ1) is 13.5. The lowest BCUT2D eigenvalue weighted by molar-refractivity contribution is -0.344. The number of alkyl halides is 7. The fourth-order valence-corrected chi connectivity index (χ4v) is 2.73. The van der Waals surface area contributed by atoms with Crippen LogP contribution in [0.25, 0.3) is 21.5 Å². The third kappa shape index (κ3) is 3.50. The van der Waals surface area contributed by atoms with Gasteiger partial charge in [0.25, 0.3) is 0 Å². The Morgan fingerprint density at radius 2 is 1.31 bits per heavy atom. The highest BCUT2D eigenvalue weighted by Gasteiger charge is 2.76. The molecule has 0 atom stereocenters. The molecule has 0 radical (unpaired) electrons. The lowest BCUT2D eigenvalue weighted by atomic mass is 9.97. The van der Waals surface area contributed by atoms with E-state index in [4.69, 9.17) is 0 Å². The summed E-state index contributed by atoms with van der Waals surface area (Å²) in [6.45, 7) is 0. The molecule has 0 aliphatic carbocycles. The highest BCUT2D eigenvalue weighted by atomic mass is 19.4. The molecular formula is C19H11F7N2O. The second kappa shape index (κ2) is 7.02. The van der Waals surface area contributed by atoms with Crippen LogP contribution in [0.1, 0.15) is 5.56 Å². The van der Waals surface area contributed by atoms with Crippen molar-refractivity contribution in [3.63, 3.8) is 0 Å². The standard InChI is InChI=1S/C19H11F7N2O/c20-17(21,18(22,23)19(24,25)26)16(29)28-27-10-15-13-7-3-1-5-11(13)9-12-6-2-4-8-14(12)15/h1-10H,(H,28,29)/b27-10-. The zero-order chi connectivity index (χ0) is 21.4. The summed E-state index contributed by atoms with van der Waals surface area (Å²) in [4.78, 5) is 11.3. The van der Waals surface area contributed by atoms with Crippen molar-refractivity contribution in [2.45, 2.75) is 18.0 Å². The Morgan fingerprint density at radius 1 is 0.828 bits per heavy atom. The lowest BCUT2D eigenvalue weighted by Crippen LogP contribution is -2.58. The average molecular weight is 416 g/mol. The molecule has 1 N–H and O–H groups in total. The van der Waals surface area contributed by atoms with Crippen LogP contribution in [0.3, 0.4) is 0 Å². The number of benzene rings is 3. The minimum absolute atomic E-state index is 0.366. The molecule has 152 valence electrons. The molecule has 0 saturated heterocycles. The number of amides is 1. The van der Waals surface area contributed by atoms with E-state index in [-0.39, 0.29) is 0 Å². The second-order valence-corrected chi connectivity index (χ2v) is 6.08. The largest absolute Gasteiger partial charge is 0.460 e. The molecule has 0 aliphatic heterocycles. The van der Waals surface area contributed by atoms with Crippen LogP contribution in [0.15, 0.2) is 59.7 Å². The number of halogens is 7. The van der Waals surface area contributed by atoms with E-state index in [9.17, 15) is 35.5 Å². The van der Waals surface area contributed by atoms with Crippen molar-refractivity contribution in [2.75, 3.05) is 0 Å². The minimum atomic E-state index is -6.61. The number of hydrazone groups is 1. The van der Waals surface area contributed by atoms with Crippen molar-refractivity contribution in [2.24, 2.45) is 5.10 Å². The summed E-state index contributed by atoms with van der Waals surface area (Å²) in [5.74, 6) is -15.5. The Balaban J connectivity index is 1.96. The molecule has 0 heterocycles. The van der Waals surface area contributed by atoms with Crippen molar-refractivity contribution in [3.8, 4) is 0 Å². The number of hydrogen-bond donors (Lipinski definition) is 1. The van der Waals surface area contributed by atoms with Gasteiger partial charge in [-0.3, -0.25) is 4.79 Å². The van der Waals surface area contributed by atoms with Crippen molar-refractivity contribution in [1.82, 2.24) is 5.43 Å². The highest BCUT2D eigenvalue weighted by molar-refractivity contribution is 6.13. The van der Waals surface area contributed by atoms with Gasteiger partial charge in [-0.25, -0.2) is 5.43 Å². The van der Waals surface area contributed by atoms with Crippen LogP contribution in [-0.4, -0.2) is 30.1 Å². The fourth-order valence-electron chi connectivity index (χ4n) is 2.73. The third-order valence-corrected chi connectivity index (χ3v) is 4.21. The number of nitrogens with one attached hydrogen (secondary N) is 1. The number of carbonyl (C=O) groups excluding carboxylic acids is 1. The molecule has 1 amide bonds. The molecule has 0 unspecified atom stereocenters. The Morgan fingerprint density at radius 3 is 1.79 bits per heavy atom. The normalized spacial score (nSPS) is 13.3. The van der Waals surface area contributed by atoms with Gasteiger partial charge in [0.15, 0.2) is 0 Å². The fraction of sp³-hybridized carbons (Fsp3) is 0.158. The van der Waals surface area contributed by atoms with E-state index in [2.05, 4.69) is 5.10 Å². The van der Waals surface area contributed by atoms with Gasteiger partial charge in [-0.05, 0) is 27.6 Å². The predicted octanol–water partition coefficient (Wildman–Crippen LogP) is 5.28. The molecule has 3 aromatic carbocycles. The Hall–Kier alpha value is -3.17. The lowest BCUT2D eigenvalue weighted by Gasteiger charge is -2.26. The maximum absolute atomic E-state index is 13.4. The zero-order valence-corrected chi connectivity index (χ0v) is 14.3. The molecule has 3 nitrogen and oxygen atoms in total. The van der Waals surface area contributed by atoms with Crippen LogP contribution in [-0.2, 0) is 4.79 Å². The first-order valence-corrected chi connectivity index (χ1v) is 8.03. The van der Waals surface area contributed by atoms with Gasteiger partial charge >= 0.3 is 23.9 Å². The van der Waals surface area contributed by atoms with Gasteiger partial charge < -0.3 is 0 Å². The van der Waals surface area contributed by atoms with Gasteiger partial charge in [-0.1, -0.05) is 48.5 Å². The molecule has 3 aromatic rings. The van der Waals surface area contributed by atoms with Crippen molar-refractivity contribution in [3.05, 3.63) is 60.2 Å². The summed E-state index contributed by atoms with van der Waals surface area (Å²) >= 11 is 0. The smallest absolute Gasteiger partial charge is 0.266 e. The number of nitrogens with zero attached hydrogens (tertiary/aromatic N) is 1. The molecule has 29 heavy (non-hydrogen) atoms. The van der Waals surface area contributed by atoms with Crippen LogP contribution in [0, 0.1) is 0 Å². The number of rotatable bonds is 4. The van der Waals surface area contributed by atoms with E-state index in [0.717, 1.165) is 22.4 Å². The minimum Gasteiger partial charge on any atom is -0.266 e. The van der Waals surface area contributed by atoms with Gasteiger partial charge in [0.1, 0.15) is 0 Å². The first kappa shape index (κ1) is 20.6. The molecule has 10 heteroatoms. The van der Waals surface area contributed by atoms with E-state index in [1.54, 1.807) is 48.5 Å². The average Bonchev–Trinajstić information content (AvgIpc) is 2.66. The monoisotopic (exact) mass is 416 g/mol. The summed E-state index contributed by atoms with van der Waals surface area (Å²) in [5, 5.41) is 5.90. The molecule has 0 fully saturated rings. The Kier molecular flexibility index (Phi) is 4.97. The van der Waals surface area contributed by atoms with Gasteiger partial charge in [0.05, 0.1) is 6.21 Å².